The molecule has 0 radical (unpaired) electrons. The number of ether oxygens (including phenoxy) is 1. The van der Waals surface area contributed by atoms with Crippen LogP contribution in [0.1, 0.15) is 34.8 Å². The molecular formula is C13H18N2O4. The third-order valence-electron chi connectivity index (χ3n) is 2.73. The van der Waals surface area contributed by atoms with Crippen LogP contribution in [0.2, 0.25) is 0 Å². The number of hydrogen-bond donors (Lipinski definition) is 1. The van der Waals surface area contributed by atoms with Crippen molar-refractivity contribution >= 4 is 11.9 Å². The summed E-state index contributed by atoms with van der Waals surface area (Å²) in [5.41, 5.74) is -0.00833. The fourth-order valence-corrected chi connectivity index (χ4v) is 1.81. The molecule has 0 aromatic carbocycles. The van der Waals surface area contributed by atoms with Crippen LogP contribution in [0.3, 0.4) is 0 Å². The maximum absolute atomic E-state index is 12.3. The van der Waals surface area contributed by atoms with Gasteiger partial charge in [-0.2, -0.15) is 0 Å². The van der Waals surface area contributed by atoms with E-state index in [1.807, 2.05) is 13.8 Å². The summed E-state index contributed by atoms with van der Waals surface area (Å²) in [4.78, 5) is 28.6. The number of pyridine rings is 1. The van der Waals surface area contributed by atoms with Crippen molar-refractivity contribution in [3.05, 3.63) is 29.6 Å². The average Bonchev–Trinajstić information content (AvgIpc) is 2.39. The molecule has 0 aliphatic heterocycles. The molecule has 1 atom stereocenters. The molecule has 1 N–H and O–H groups in total. The summed E-state index contributed by atoms with van der Waals surface area (Å²) >= 11 is 0. The van der Waals surface area contributed by atoms with Crippen molar-refractivity contribution < 1.29 is 19.4 Å². The Morgan fingerprint density at radius 1 is 1.42 bits per heavy atom. The highest BCUT2D eigenvalue weighted by Crippen LogP contribution is 2.08. The van der Waals surface area contributed by atoms with E-state index in [0.717, 1.165) is 0 Å². The zero-order valence-corrected chi connectivity index (χ0v) is 11.3. The maximum Gasteiger partial charge on any atom is 0.354 e. The zero-order valence-electron chi connectivity index (χ0n) is 11.3. The number of aromatic carboxylic acids is 1. The van der Waals surface area contributed by atoms with Crippen LogP contribution in [0.5, 0.6) is 0 Å². The van der Waals surface area contributed by atoms with Gasteiger partial charge in [0.15, 0.2) is 0 Å². The first-order valence-corrected chi connectivity index (χ1v) is 6.01. The molecule has 6 nitrogen and oxygen atoms in total. The summed E-state index contributed by atoms with van der Waals surface area (Å²) in [7, 11) is 1.57. The van der Waals surface area contributed by atoms with E-state index in [-0.39, 0.29) is 23.3 Å². The lowest BCUT2D eigenvalue weighted by Crippen LogP contribution is -2.41. The second kappa shape index (κ2) is 6.84. The molecule has 1 unspecified atom stereocenters. The molecule has 0 spiro atoms. The standard InChI is InChI=1S/C13H18N2O4/c1-4-15(9(2)8-19-3)12(16)10-6-5-7-11(14-10)13(17)18/h5-7,9H,4,8H2,1-3H3,(H,17,18). The van der Waals surface area contributed by atoms with Gasteiger partial charge in [-0.15, -0.1) is 0 Å². The van der Waals surface area contributed by atoms with Crippen molar-refractivity contribution in [1.82, 2.24) is 9.88 Å². The average molecular weight is 266 g/mol. The Morgan fingerprint density at radius 2 is 2.05 bits per heavy atom. The number of carbonyl (C=O) groups is 2. The van der Waals surface area contributed by atoms with Gasteiger partial charge in [-0.05, 0) is 26.0 Å². The third kappa shape index (κ3) is 3.75. The van der Waals surface area contributed by atoms with Crippen LogP contribution in [0.25, 0.3) is 0 Å². The van der Waals surface area contributed by atoms with Crippen LogP contribution in [-0.2, 0) is 4.74 Å². The monoisotopic (exact) mass is 266 g/mol. The number of likely N-dealkylation sites (N-methyl/N-ethyl adjacent to an activating group) is 1. The number of amides is 1. The number of nitrogens with zero attached hydrogens (tertiary/aromatic N) is 2. The van der Waals surface area contributed by atoms with Crippen molar-refractivity contribution in [3.8, 4) is 0 Å². The first-order valence-electron chi connectivity index (χ1n) is 6.01. The predicted octanol–water partition coefficient (Wildman–Crippen LogP) is 1.28. The lowest BCUT2D eigenvalue weighted by molar-refractivity contribution is 0.0573. The molecule has 0 saturated heterocycles. The van der Waals surface area contributed by atoms with Crippen LogP contribution < -0.4 is 0 Å². The fourth-order valence-electron chi connectivity index (χ4n) is 1.81. The fraction of sp³-hybridized carbons (Fsp3) is 0.462. The molecule has 19 heavy (non-hydrogen) atoms. The van der Waals surface area contributed by atoms with Crippen LogP contribution in [0.15, 0.2) is 18.2 Å². The molecule has 0 fully saturated rings. The summed E-state index contributed by atoms with van der Waals surface area (Å²) in [6.07, 6.45) is 0. The normalized spacial score (nSPS) is 11.9. The topological polar surface area (TPSA) is 79.7 Å². The SMILES string of the molecule is CCN(C(=O)c1cccc(C(=O)O)n1)C(C)COC. The Hall–Kier alpha value is -1.95. The minimum atomic E-state index is -1.15. The van der Waals surface area contributed by atoms with E-state index in [1.165, 1.54) is 18.2 Å². The molecule has 104 valence electrons. The van der Waals surface area contributed by atoms with Crippen LogP contribution in [-0.4, -0.2) is 53.2 Å². The van der Waals surface area contributed by atoms with Crippen molar-refractivity contribution in [2.45, 2.75) is 19.9 Å². The Labute approximate surface area is 112 Å². The third-order valence-corrected chi connectivity index (χ3v) is 2.73. The van der Waals surface area contributed by atoms with Gasteiger partial charge >= 0.3 is 5.97 Å². The van der Waals surface area contributed by atoms with E-state index in [9.17, 15) is 9.59 Å². The molecule has 0 aliphatic carbocycles. The van der Waals surface area contributed by atoms with E-state index in [4.69, 9.17) is 9.84 Å². The number of methoxy groups -OCH3 is 1. The Bertz CT molecular complexity index is 462. The van der Waals surface area contributed by atoms with E-state index in [0.29, 0.717) is 13.2 Å². The van der Waals surface area contributed by atoms with Gasteiger partial charge in [0.2, 0.25) is 0 Å². The van der Waals surface area contributed by atoms with Crippen LogP contribution in [0.4, 0.5) is 0 Å². The molecule has 0 bridgehead atoms. The van der Waals surface area contributed by atoms with Gasteiger partial charge in [-0.25, -0.2) is 9.78 Å². The van der Waals surface area contributed by atoms with Crippen molar-refractivity contribution in [2.24, 2.45) is 0 Å². The van der Waals surface area contributed by atoms with Gasteiger partial charge < -0.3 is 14.7 Å². The number of hydrogen-bond acceptors (Lipinski definition) is 4. The number of aromatic nitrogens is 1. The summed E-state index contributed by atoms with van der Waals surface area (Å²) in [6, 6.07) is 4.28. The summed E-state index contributed by atoms with van der Waals surface area (Å²) in [5.74, 6) is -1.45. The molecule has 1 rings (SSSR count). The second-order valence-electron chi connectivity index (χ2n) is 4.11. The van der Waals surface area contributed by atoms with E-state index < -0.39 is 5.97 Å². The quantitative estimate of drug-likeness (QED) is 0.839. The second-order valence-corrected chi connectivity index (χ2v) is 4.11. The van der Waals surface area contributed by atoms with Crippen LogP contribution in [0, 0.1) is 0 Å². The lowest BCUT2D eigenvalue weighted by atomic mass is 10.2. The summed E-state index contributed by atoms with van der Waals surface area (Å²) < 4.78 is 5.03. The Balaban J connectivity index is 2.97. The van der Waals surface area contributed by atoms with Gasteiger partial charge in [-0.3, -0.25) is 4.79 Å². The highest BCUT2D eigenvalue weighted by molar-refractivity contribution is 5.94. The molecule has 1 aromatic heterocycles. The van der Waals surface area contributed by atoms with Gasteiger partial charge in [0, 0.05) is 13.7 Å². The molecule has 0 saturated carbocycles. The predicted molar refractivity (Wildman–Crippen MR) is 69.2 cm³/mol. The Morgan fingerprint density at radius 3 is 2.58 bits per heavy atom. The number of carbonyl (C=O) groups excluding carboxylic acids is 1. The number of carboxylic acids is 1. The van der Waals surface area contributed by atoms with Crippen molar-refractivity contribution in [3.63, 3.8) is 0 Å². The number of rotatable bonds is 6. The van der Waals surface area contributed by atoms with Gasteiger partial charge in [0.25, 0.3) is 5.91 Å². The van der Waals surface area contributed by atoms with Crippen molar-refractivity contribution in [1.29, 1.82) is 0 Å². The molecule has 0 aliphatic rings. The van der Waals surface area contributed by atoms with Gasteiger partial charge in [-0.1, -0.05) is 6.07 Å². The maximum atomic E-state index is 12.3. The molecule has 1 aromatic rings. The zero-order chi connectivity index (χ0) is 14.4. The van der Waals surface area contributed by atoms with E-state index in [2.05, 4.69) is 4.98 Å². The van der Waals surface area contributed by atoms with Crippen LogP contribution >= 0.6 is 0 Å². The van der Waals surface area contributed by atoms with E-state index in [1.54, 1.807) is 12.0 Å². The summed E-state index contributed by atoms with van der Waals surface area (Å²) in [5, 5.41) is 8.87. The molecular weight excluding hydrogens is 248 g/mol. The largest absolute Gasteiger partial charge is 0.477 e. The van der Waals surface area contributed by atoms with E-state index >= 15 is 0 Å². The first kappa shape index (κ1) is 15.1. The minimum absolute atomic E-state index is 0.0993. The molecule has 1 heterocycles. The number of carboxylic acid groups (broad SMARTS) is 1. The van der Waals surface area contributed by atoms with Crippen molar-refractivity contribution in [2.75, 3.05) is 20.3 Å². The Kier molecular flexibility index (Phi) is 5.44. The lowest BCUT2D eigenvalue weighted by Gasteiger charge is -2.27. The van der Waals surface area contributed by atoms with Gasteiger partial charge in [0.1, 0.15) is 11.4 Å². The van der Waals surface area contributed by atoms with Gasteiger partial charge in [0.05, 0.1) is 12.6 Å². The highest BCUT2D eigenvalue weighted by Gasteiger charge is 2.21. The minimum Gasteiger partial charge on any atom is -0.477 e. The highest BCUT2D eigenvalue weighted by atomic mass is 16.5. The smallest absolute Gasteiger partial charge is 0.354 e. The molecule has 6 heteroatoms. The first-order chi connectivity index (χ1) is 9.01. The molecule has 1 amide bonds. The summed E-state index contributed by atoms with van der Waals surface area (Å²) in [6.45, 7) is 4.64.